The summed E-state index contributed by atoms with van der Waals surface area (Å²) in [6, 6.07) is 6.45. The Morgan fingerprint density at radius 2 is 2.15 bits per heavy atom. The summed E-state index contributed by atoms with van der Waals surface area (Å²) < 4.78 is 27.8. The van der Waals surface area contributed by atoms with Crippen LogP contribution in [0.4, 0.5) is 4.39 Å². The van der Waals surface area contributed by atoms with E-state index in [9.17, 15) is 4.39 Å². The van der Waals surface area contributed by atoms with Gasteiger partial charge in [0.1, 0.15) is 11.9 Å². The Kier molecular flexibility index (Phi) is 3.68. The number of hydrogen-bond acceptors (Lipinski definition) is 3. The van der Waals surface area contributed by atoms with Crippen LogP contribution in [0.15, 0.2) is 48.7 Å². The molecular weight excluding hydrogens is 343 g/mol. The minimum absolute atomic E-state index is 0.0514. The quantitative estimate of drug-likeness (QED) is 0.738. The third-order valence-electron chi connectivity index (χ3n) is 6.40. The number of ether oxygens (including phenoxy) is 2. The molecule has 1 saturated heterocycles. The van der Waals surface area contributed by atoms with Gasteiger partial charge in [0.15, 0.2) is 5.79 Å². The molecule has 1 aromatic heterocycles. The summed E-state index contributed by atoms with van der Waals surface area (Å²) in [5.74, 6) is -0.835. The van der Waals surface area contributed by atoms with Crippen molar-refractivity contribution in [1.29, 1.82) is 0 Å². The van der Waals surface area contributed by atoms with Crippen molar-refractivity contribution < 1.29 is 13.9 Å². The van der Waals surface area contributed by atoms with Gasteiger partial charge in [-0.15, -0.1) is 6.58 Å². The fourth-order valence-corrected chi connectivity index (χ4v) is 4.87. The number of halogens is 1. The zero-order valence-electron chi connectivity index (χ0n) is 15.5. The van der Waals surface area contributed by atoms with Crippen LogP contribution in [0.3, 0.4) is 0 Å². The summed E-state index contributed by atoms with van der Waals surface area (Å²) in [4.78, 5) is 0. The highest BCUT2D eigenvalue weighted by atomic mass is 19.1. The average Bonchev–Trinajstić information content (AvgIpc) is 3.27. The molecule has 0 amide bonds. The van der Waals surface area contributed by atoms with Crippen LogP contribution in [0.25, 0.3) is 11.8 Å². The number of nitrogens with zero attached hydrogens (tertiary/aromatic N) is 2. The van der Waals surface area contributed by atoms with Crippen molar-refractivity contribution in [1.82, 2.24) is 9.78 Å². The molecule has 0 bridgehead atoms. The van der Waals surface area contributed by atoms with Crippen LogP contribution in [0.5, 0.6) is 0 Å². The van der Waals surface area contributed by atoms with E-state index in [-0.39, 0.29) is 17.3 Å². The molecule has 0 N–H and O–H groups in total. The van der Waals surface area contributed by atoms with E-state index in [0.29, 0.717) is 6.61 Å². The highest BCUT2D eigenvalue weighted by Crippen LogP contribution is 2.57. The molecule has 2 aliphatic carbocycles. The van der Waals surface area contributed by atoms with Crippen molar-refractivity contribution in [3.63, 3.8) is 0 Å². The summed E-state index contributed by atoms with van der Waals surface area (Å²) >= 11 is 0. The molecule has 5 heteroatoms. The average molecular weight is 366 g/mol. The normalized spacial score (nSPS) is 32.1. The van der Waals surface area contributed by atoms with Gasteiger partial charge in [-0.3, -0.25) is 0 Å². The second-order valence-electron chi connectivity index (χ2n) is 7.93. The smallest absolute Gasteiger partial charge is 0.178 e. The zero-order chi connectivity index (χ0) is 18.6. The van der Waals surface area contributed by atoms with Crippen LogP contribution in [-0.4, -0.2) is 28.3 Å². The Morgan fingerprint density at radius 1 is 1.33 bits per heavy atom. The van der Waals surface area contributed by atoms with Gasteiger partial charge in [-0.25, -0.2) is 9.07 Å². The molecule has 2 aromatic rings. The maximum atomic E-state index is 13.3. The van der Waals surface area contributed by atoms with E-state index < -0.39 is 5.79 Å². The lowest BCUT2D eigenvalue weighted by Gasteiger charge is -2.51. The van der Waals surface area contributed by atoms with E-state index in [1.54, 1.807) is 12.1 Å². The molecule has 3 aliphatic rings. The molecule has 1 aliphatic heterocycles. The summed E-state index contributed by atoms with van der Waals surface area (Å²) in [6.07, 6.45) is 9.71. The number of fused-ring (bicyclic) bond motifs is 3. The van der Waals surface area contributed by atoms with E-state index in [1.165, 1.54) is 23.3 Å². The Balaban J connectivity index is 1.57. The number of aromatic nitrogens is 2. The van der Waals surface area contributed by atoms with Crippen molar-refractivity contribution in [3.8, 4) is 5.69 Å². The maximum Gasteiger partial charge on any atom is 0.178 e. The molecule has 0 radical (unpaired) electrons. The SMILES string of the molecule is C=C[C@H]1CO[C@@]2(CCCC3=Cc4c(cnn4-c4ccc(F)cc4)C[C@@]32C)O1. The van der Waals surface area contributed by atoms with Gasteiger partial charge in [0, 0.05) is 11.8 Å². The number of hydrogen-bond donors (Lipinski definition) is 0. The highest BCUT2D eigenvalue weighted by molar-refractivity contribution is 5.62. The fraction of sp³-hybridized carbons (Fsp3) is 0.409. The summed E-state index contributed by atoms with van der Waals surface area (Å²) in [5.41, 5.74) is 4.23. The van der Waals surface area contributed by atoms with Crippen LogP contribution in [-0.2, 0) is 15.9 Å². The van der Waals surface area contributed by atoms with Crippen molar-refractivity contribution in [2.24, 2.45) is 5.41 Å². The van der Waals surface area contributed by atoms with Crippen molar-refractivity contribution in [3.05, 3.63) is 65.8 Å². The van der Waals surface area contributed by atoms with Crippen LogP contribution in [0, 0.1) is 11.2 Å². The van der Waals surface area contributed by atoms with E-state index in [2.05, 4.69) is 24.7 Å². The minimum Gasteiger partial charge on any atom is -0.346 e. The molecule has 1 aromatic carbocycles. The van der Waals surface area contributed by atoms with E-state index in [4.69, 9.17) is 9.47 Å². The third kappa shape index (κ3) is 2.38. The topological polar surface area (TPSA) is 36.3 Å². The van der Waals surface area contributed by atoms with Crippen LogP contribution in [0.1, 0.15) is 37.4 Å². The van der Waals surface area contributed by atoms with Crippen molar-refractivity contribution in [2.75, 3.05) is 6.61 Å². The van der Waals surface area contributed by atoms with Gasteiger partial charge in [0.2, 0.25) is 0 Å². The predicted molar refractivity (Wildman–Crippen MR) is 101 cm³/mol. The molecule has 0 unspecified atom stereocenters. The summed E-state index contributed by atoms with van der Waals surface area (Å²) in [6.45, 7) is 6.68. The van der Waals surface area contributed by atoms with Gasteiger partial charge < -0.3 is 9.47 Å². The molecule has 1 saturated carbocycles. The van der Waals surface area contributed by atoms with Crippen LogP contribution >= 0.6 is 0 Å². The predicted octanol–water partition coefficient (Wildman–Crippen LogP) is 4.44. The summed E-state index contributed by atoms with van der Waals surface area (Å²) in [7, 11) is 0. The van der Waals surface area contributed by atoms with Gasteiger partial charge in [0.25, 0.3) is 0 Å². The lowest BCUT2D eigenvalue weighted by Crippen LogP contribution is -2.53. The molecule has 140 valence electrons. The molecule has 1 spiro atoms. The third-order valence-corrected chi connectivity index (χ3v) is 6.40. The lowest BCUT2D eigenvalue weighted by atomic mass is 9.62. The van der Waals surface area contributed by atoms with Gasteiger partial charge in [-0.2, -0.15) is 5.10 Å². The molecule has 4 nitrogen and oxygen atoms in total. The number of benzene rings is 1. The molecular formula is C22H23FN2O2. The highest BCUT2D eigenvalue weighted by Gasteiger charge is 2.59. The second-order valence-corrected chi connectivity index (χ2v) is 7.93. The zero-order valence-corrected chi connectivity index (χ0v) is 15.5. The van der Waals surface area contributed by atoms with Crippen molar-refractivity contribution >= 4 is 6.08 Å². The van der Waals surface area contributed by atoms with E-state index >= 15 is 0 Å². The van der Waals surface area contributed by atoms with Crippen molar-refractivity contribution in [2.45, 2.75) is 44.5 Å². The van der Waals surface area contributed by atoms with Crippen LogP contribution in [0.2, 0.25) is 0 Å². The van der Waals surface area contributed by atoms with Gasteiger partial charge >= 0.3 is 0 Å². The van der Waals surface area contributed by atoms with Gasteiger partial charge in [0.05, 0.1) is 24.2 Å². The second kappa shape index (κ2) is 5.88. The first-order chi connectivity index (χ1) is 13.0. The largest absolute Gasteiger partial charge is 0.346 e. The molecule has 27 heavy (non-hydrogen) atoms. The Bertz CT molecular complexity index is 932. The summed E-state index contributed by atoms with van der Waals surface area (Å²) in [5, 5.41) is 4.58. The first-order valence-corrected chi connectivity index (χ1v) is 9.53. The fourth-order valence-electron chi connectivity index (χ4n) is 4.87. The molecule has 2 heterocycles. The Morgan fingerprint density at radius 3 is 2.89 bits per heavy atom. The van der Waals surface area contributed by atoms with Crippen LogP contribution < -0.4 is 0 Å². The standard InChI is InChI=1S/C22H23FN2O2/c1-3-19-14-26-22(27-19)10-4-5-16-11-20-15(12-21(16,22)2)13-24-25(20)18-8-6-17(23)7-9-18/h3,6-9,11,13,19H,1,4-5,10,12,14H2,2H3/t19-,21-,22-/m0/s1. The molecule has 3 atom stereocenters. The molecule has 2 fully saturated rings. The molecule has 5 rings (SSSR count). The maximum absolute atomic E-state index is 13.3. The van der Waals surface area contributed by atoms with E-state index in [0.717, 1.165) is 37.1 Å². The van der Waals surface area contributed by atoms with E-state index in [1.807, 2.05) is 17.0 Å². The Hall–Kier alpha value is -2.24. The monoisotopic (exact) mass is 366 g/mol. The first kappa shape index (κ1) is 16.9. The Labute approximate surface area is 158 Å². The minimum atomic E-state index is -0.592. The first-order valence-electron chi connectivity index (χ1n) is 9.53. The van der Waals surface area contributed by atoms with Gasteiger partial charge in [-0.1, -0.05) is 18.6 Å². The van der Waals surface area contributed by atoms with Gasteiger partial charge in [-0.05, 0) is 55.2 Å². The number of rotatable bonds is 2. The lowest BCUT2D eigenvalue weighted by molar-refractivity contribution is -0.239.